The van der Waals surface area contributed by atoms with Crippen LogP contribution in [0.15, 0.2) is 39.4 Å². The normalized spacial score (nSPS) is 12.3. The standard InChI is InChI=1S/C22H28N4O3/c1-6-9-26(13-19-24-25-22(29-19)18-8-7-10-28-18)17(5)21(27)23-20-15(3)11-14(2)12-16(20)4/h7-8,10-12,17H,6,9,13H2,1-5H3,(H,23,27)/t17-/m0/s1. The van der Waals surface area contributed by atoms with E-state index in [2.05, 4.69) is 41.5 Å². The highest BCUT2D eigenvalue weighted by Crippen LogP contribution is 2.23. The smallest absolute Gasteiger partial charge is 0.283 e. The molecule has 154 valence electrons. The van der Waals surface area contributed by atoms with Crippen molar-refractivity contribution in [1.29, 1.82) is 0 Å². The van der Waals surface area contributed by atoms with Gasteiger partial charge in [-0.15, -0.1) is 10.2 Å². The number of furan rings is 1. The third-order valence-corrected chi connectivity index (χ3v) is 4.90. The first kappa shape index (κ1) is 20.8. The molecule has 0 saturated heterocycles. The molecule has 3 rings (SSSR count). The van der Waals surface area contributed by atoms with Crippen molar-refractivity contribution in [2.45, 2.75) is 53.6 Å². The van der Waals surface area contributed by atoms with E-state index in [0.717, 1.165) is 29.8 Å². The minimum absolute atomic E-state index is 0.0562. The molecule has 0 aliphatic rings. The maximum atomic E-state index is 13.0. The Kier molecular flexibility index (Phi) is 6.49. The molecular formula is C22H28N4O3. The molecule has 0 saturated carbocycles. The second kappa shape index (κ2) is 9.05. The van der Waals surface area contributed by atoms with E-state index in [-0.39, 0.29) is 11.9 Å². The van der Waals surface area contributed by atoms with Crippen molar-refractivity contribution in [3.05, 3.63) is 53.1 Å². The zero-order chi connectivity index (χ0) is 21.0. The molecule has 0 radical (unpaired) electrons. The summed E-state index contributed by atoms with van der Waals surface area (Å²) in [5, 5.41) is 11.2. The van der Waals surface area contributed by atoms with Crippen LogP contribution in [0, 0.1) is 20.8 Å². The first-order chi connectivity index (χ1) is 13.9. The summed E-state index contributed by atoms with van der Waals surface area (Å²) in [6.45, 7) is 11.2. The van der Waals surface area contributed by atoms with Crippen LogP contribution in [-0.2, 0) is 11.3 Å². The molecular weight excluding hydrogens is 368 g/mol. The van der Waals surface area contributed by atoms with Crippen LogP contribution in [0.4, 0.5) is 5.69 Å². The highest BCUT2D eigenvalue weighted by molar-refractivity contribution is 5.96. The molecule has 2 heterocycles. The van der Waals surface area contributed by atoms with Gasteiger partial charge in [-0.2, -0.15) is 0 Å². The molecule has 0 unspecified atom stereocenters. The quantitative estimate of drug-likeness (QED) is 0.604. The topological polar surface area (TPSA) is 84.4 Å². The largest absolute Gasteiger partial charge is 0.459 e. The monoisotopic (exact) mass is 396 g/mol. The van der Waals surface area contributed by atoms with E-state index in [1.807, 2.05) is 25.7 Å². The van der Waals surface area contributed by atoms with E-state index in [4.69, 9.17) is 8.83 Å². The minimum atomic E-state index is -0.353. The van der Waals surface area contributed by atoms with Gasteiger partial charge in [-0.1, -0.05) is 24.6 Å². The summed E-state index contributed by atoms with van der Waals surface area (Å²) in [6.07, 6.45) is 2.46. The number of carbonyl (C=O) groups is 1. The summed E-state index contributed by atoms with van der Waals surface area (Å²) in [4.78, 5) is 15.0. The van der Waals surface area contributed by atoms with E-state index in [1.54, 1.807) is 18.4 Å². The Morgan fingerprint density at radius 1 is 1.21 bits per heavy atom. The van der Waals surface area contributed by atoms with Gasteiger partial charge in [-0.05, 0) is 63.9 Å². The van der Waals surface area contributed by atoms with Crippen molar-refractivity contribution < 1.29 is 13.6 Å². The van der Waals surface area contributed by atoms with Crippen molar-refractivity contribution in [1.82, 2.24) is 15.1 Å². The van der Waals surface area contributed by atoms with E-state index < -0.39 is 0 Å². The summed E-state index contributed by atoms with van der Waals surface area (Å²) in [7, 11) is 0. The van der Waals surface area contributed by atoms with Gasteiger partial charge in [0.25, 0.3) is 5.89 Å². The van der Waals surface area contributed by atoms with Crippen LogP contribution in [-0.4, -0.2) is 33.6 Å². The van der Waals surface area contributed by atoms with Gasteiger partial charge in [0.15, 0.2) is 5.76 Å². The number of amides is 1. The average Bonchev–Trinajstić information content (AvgIpc) is 3.35. The Bertz CT molecular complexity index is 939. The maximum absolute atomic E-state index is 13.0. The van der Waals surface area contributed by atoms with E-state index in [1.165, 1.54) is 5.56 Å². The van der Waals surface area contributed by atoms with Crippen molar-refractivity contribution in [2.24, 2.45) is 0 Å². The van der Waals surface area contributed by atoms with Crippen molar-refractivity contribution in [2.75, 3.05) is 11.9 Å². The van der Waals surface area contributed by atoms with E-state index >= 15 is 0 Å². The van der Waals surface area contributed by atoms with Gasteiger partial charge in [-0.25, -0.2) is 0 Å². The second-order valence-electron chi connectivity index (χ2n) is 7.39. The molecule has 0 aliphatic carbocycles. The fourth-order valence-electron chi connectivity index (χ4n) is 3.46. The fraction of sp³-hybridized carbons (Fsp3) is 0.409. The van der Waals surface area contributed by atoms with Gasteiger partial charge in [0.2, 0.25) is 11.8 Å². The molecule has 0 fully saturated rings. The summed E-state index contributed by atoms with van der Waals surface area (Å²) in [5.41, 5.74) is 4.18. The summed E-state index contributed by atoms with van der Waals surface area (Å²) < 4.78 is 11.0. The zero-order valence-electron chi connectivity index (χ0n) is 17.7. The molecule has 1 atom stereocenters. The van der Waals surface area contributed by atoms with Gasteiger partial charge in [0, 0.05) is 5.69 Å². The van der Waals surface area contributed by atoms with E-state index in [9.17, 15) is 4.79 Å². The molecule has 7 heteroatoms. The minimum Gasteiger partial charge on any atom is -0.459 e. The van der Waals surface area contributed by atoms with Gasteiger partial charge in [0.05, 0.1) is 18.8 Å². The Morgan fingerprint density at radius 2 is 1.93 bits per heavy atom. The van der Waals surface area contributed by atoms with Crippen LogP contribution in [0.5, 0.6) is 0 Å². The summed E-state index contributed by atoms with van der Waals surface area (Å²) >= 11 is 0. The van der Waals surface area contributed by atoms with Crippen LogP contribution in [0.3, 0.4) is 0 Å². The van der Waals surface area contributed by atoms with Crippen LogP contribution >= 0.6 is 0 Å². The van der Waals surface area contributed by atoms with Crippen molar-refractivity contribution in [3.63, 3.8) is 0 Å². The predicted octanol–water partition coefficient (Wildman–Crippen LogP) is 4.49. The number of aromatic nitrogens is 2. The van der Waals surface area contributed by atoms with Crippen LogP contribution in [0.1, 0.15) is 42.8 Å². The lowest BCUT2D eigenvalue weighted by molar-refractivity contribution is -0.121. The lowest BCUT2D eigenvalue weighted by Gasteiger charge is -2.27. The van der Waals surface area contributed by atoms with Gasteiger partial charge in [-0.3, -0.25) is 9.69 Å². The van der Waals surface area contributed by atoms with Gasteiger partial charge in [0.1, 0.15) is 0 Å². The van der Waals surface area contributed by atoms with Crippen LogP contribution < -0.4 is 5.32 Å². The number of nitrogens with one attached hydrogen (secondary N) is 1. The number of aryl methyl sites for hydroxylation is 3. The summed E-state index contributed by atoms with van der Waals surface area (Å²) in [6, 6.07) is 7.33. The maximum Gasteiger partial charge on any atom is 0.283 e. The first-order valence-corrected chi connectivity index (χ1v) is 9.88. The number of nitrogens with zero attached hydrogens (tertiary/aromatic N) is 3. The predicted molar refractivity (Wildman–Crippen MR) is 111 cm³/mol. The zero-order valence-corrected chi connectivity index (χ0v) is 17.7. The molecule has 1 N–H and O–H groups in total. The molecule has 1 amide bonds. The van der Waals surface area contributed by atoms with Gasteiger partial charge >= 0.3 is 0 Å². The Hall–Kier alpha value is -2.93. The molecule has 29 heavy (non-hydrogen) atoms. The number of rotatable bonds is 8. The Labute approximate surface area is 171 Å². The summed E-state index contributed by atoms with van der Waals surface area (Å²) in [5.74, 6) is 1.26. The lowest BCUT2D eigenvalue weighted by Crippen LogP contribution is -2.42. The van der Waals surface area contributed by atoms with Crippen LogP contribution in [0.2, 0.25) is 0 Å². The fourth-order valence-corrected chi connectivity index (χ4v) is 3.46. The third kappa shape index (κ3) is 4.92. The third-order valence-electron chi connectivity index (χ3n) is 4.90. The molecule has 0 aliphatic heterocycles. The molecule has 7 nitrogen and oxygen atoms in total. The molecule has 2 aromatic heterocycles. The Morgan fingerprint density at radius 3 is 2.55 bits per heavy atom. The number of hydrogen-bond acceptors (Lipinski definition) is 6. The van der Waals surface area contributed by atoms with Crippen molar-refractivity contribution >= 4 is 11.6 Å². The number of benzene rings is 1. The highest BCUT2D eigenvalue weighted by atomic mass is 16.4. The molecule has 1 aromatic carbocycles. The highest BCUT2D eigenvalue weighted by Gasteiger charge is 2.24. The Balaban J connectivity index is 1.72. The SMILES string of the molecule is CCCN(Cc1nnc(-c2ccco2)o1)[C@@H](C)C(=O)Nc1c(C)cc(C)cc1C. The molecule has 3 aromatic rings. The molecule has 0 spiro atoms. The number of carbonyl (C=O) groups excluding carboxylic acids is 1. The second-order valence-corrected chi connectivity index (χ2v) is 7.39. The van der Waals surface area contributed by atoms with Crippen molar-refractivity contribution in [3.8, 4) is 11.7 Å². The van der Waals surface area contributed by atoms with Crippen LogP contribution in [0.25, 0.3) is 11.7 Å². The molecule has 0 bridgehead atoms. The lowest BCUT2D eigenvalue weighted by atomic mass is 10.0. The van der Waals surface area contributed by atoms with E-state index in [0.29, 0.717) is 24.1 Å². The van der Waals surface area contributed by atoms with Gasteiger partial charge < -0.3 is 14.2 Å². The number of anilines is 1. The average molecular weight is 396 g/mol. The number of hydrogen-bond donors (Lipinski definition) is 1. The first-order valence-electron chi connectivity index (χ1n) is 9.88.